The van der Waals surface area contributed by atoms with Gasteiger partial charge in [-0.1, -0.05) is 6.07 Å². The maximum absolute atomic E-state index is 14.2. The van der Waals surface area contributed by atoms with Gasteiger partial charge in [-0.05, 0) is 36.4 Å². The molecule has 1 heterocycles. The Labute approximate surface area is 162 Å². The summed E-state index contributed by atoms with van der Waals surface area (Å²) in [5.74, 6) is -4.54. The first-order valence-corrected chi connectivity index (χ1v) is 10.2. The lowest BCUT2D eigenvalue weighted by Crippen LogP contribution is -2.14. The number of hydrogen-bond donors (Lipinski definition) is 1. The van der Waals surface area contributed by atoms with Crippen LogP contribution in [0.15, 0.2) is 47.4 Å². The van der Waals surface area contributed by atoms with Crippen molar-refractivity contribution in [3.05, 3.63) is 58.7 Å². The Kier molecular flexibility index (Phi) is 5.73. The summed E-state index contributed by atoms with van der Waals surface area (Å²) < 4.78 is 67.9. The summed E-state index contributed by atoms with van der Waals surface area (Å²) in [5.41, 5.74) is 0.606. The van der Waals surface area contributed by atoms with Crippen LogP contribution in [0.25, 0.3) is 10.1 Å². The maximum atomic E-state index is 14.2. The van der Waals surface area contributed by atoms with Crippen LogP contribution in [0, 0.1) is 5.82 Å². The first kappa shape index (κ1) is 20.3. The van der Waals surface area contributed by atoms with E-state index in [1.54, 1.807) is 6.07 Å². The molecule has 10 heteroatoms. The largest absolute Gasteiger partial charge is 0.380 e. The molecule has 0 aliphatic heterocycles. The number of sulfone groups is 1. The fourth-order valence-corrected chi connectivity index (χ4v) is 4.49. The summed E-state index contributed by atoms with van der Waals surface area (Å²) in [6.45, 7) is 0.0231. The zero-order valence-electron chi connectivity index (χ0n) is 14.4. The molecule has 2 aromatic carbocycles. The molecule has 0 atom stereocenters. The number of fused-ring (bicyclic) bond motifs is 1. The molecule has 1 aromatic heterocycles. The number of hydrogen-bond acceptors (Lipinski definition) is 5. The van der Waals surface area contributed by atoms with Gasteiger partial charge in [0.05, 0.1) is 16.4 Å². The molecule has 0 saturated carbocycles. The fourth-order valence-electron chi connectivity index (χ4n) is 2.65. The van der Waals surface area contributed by atoms with Crippen LogP contribution < -0.4 is 5.32 Å². The summed E-state index contributed by atoms with van der Waals surface area (Å²) >= 11 is 1.09. The molecule has 0 spiro atoms. The Hall–Kier alpha value is -2.43. The number of thiophene rings is 1. The lowest BCUT2D eigenvalue weighted by Gasteiger charge is -2.08. The highest BCUT2D eigenvalue weighted by molar-refractivity contribution is 7.91. The van der Waals surface area contributed by atoms with Crippen molar-refractivity contribution in [3.63, 3.8) is 0 Å². The average molecular weight is 429 g/mol. The van der Waals surface area contributed by atoms with E-state index in [4.69, 9.17) is 4.74 Å². The van der Waals surface area contributed by atoms with Crippen LogP contribution in [0.5, 0.6) is 0 Å². The van der Waals surface area contributed by atoms with Crippen LogP contribution in [0.4, 0.5) is 18.9 Å². The Morgan fingerprint density at radius 2 is 1.86 bits per heavy atom. The highest BCUT2D eigenvalue weighted by atomic mass is 32.2. The summed E-state index contributed by atoms with van der Waals surface area (Å²) in [4.78, 5) is 12.4. The van der Waals surface area contributed by atoms with Crippen molar-refractivity contribution in [1.82, 2.24) is 0 Å². The molecular weight excluding hydrogens is 415 g/mol. The van der Waals surface area contributed by atoms with Gasteiger partial charge in [0.2, 0.25) is 9.84 Å². The van der Waals surface area contributed by atoms with Gasteiger partial charge in [-0.25, -0.2) is 12.8 Å². The number of alkyl halides is 2. The lowest BCUT2D eigenvalue weighted by atomic mass is 10.1. The topological polar surface area (TPSA) is 72.5 Å². The minimum Gasteiger partial charge on any atom is -0.380 e. The molecule has 28 heavy (non-hydrogen) atoms. The second kappa shape index (κ2) is 7.90. The van der Waals surface area contributed by atoms with Crippen molar-refractivity contribution in [2.24, 2.45) is 0 Å². The molecule has 148 valence electrons. The van der Waals surface area contributed by atoms with Gasteiger partial charge >= 0.3 is 5.76 Å². The number of anilines is 1. The predicted octanol–water partition coefficient (Wildman–Crippen LogP) is 4.44. The molecule has 0 fully saturated rings. The van der Waals surface area contributed by atoms with Crippen molar-refractivity contribution < 1.29 is 31.1 Å². The quantitative estimate of drug-likeness (QED) is 0.629. The molecule has 0 saturated heterocycles. The summed E-state index contributed by atoms with van der Waals surface area (Å²) in [6, 6.07) is 8.89. The predicted molar refractivity (Wildman–Crippen MR) is 100 cm³/mol. The van der Waals surface area contributed by atoms with Gasteiger partial charge in [-0.2, -0.15) is 8.78 Å². The van der Waals surface area contributed by atoms with Crippen LogP contribution in [0.2, 0.25) is 0 Å². The molecule has 0 aliphatic carbocycles. The van der Waals surface area contributed by atoms with Gasteiger partial charge in [-0.15, -0.1) is 11.3 Å². The third kappa shape index (κ3) is 3.75. The number of carbonyl (C=O) groups excluding carboxylic acids is 1. The van der Waals surface area contributed by atoms with Crippen LogP contribution in [0.1, 0.15) is 15.2 Å². The molecule has 0 radical (unpaired) electrons. The standard InChI is InChI=1S/C18H14F3NO4S2/c1-26-9-12-15-13(19)3-2-4-14(15)27-16(12)17(23)22-10-5-7-11(8-6-10)28(24,25)18(20)21/h2-8,18H,9H2,1H3,(H,22,23). The van der Waals surface area contributed by atoms with Gasteiger partial charge in [0.1, 0.15) is 5.82 Å². The summed E-state index contributed by atoms with van der Waals surface area (Å²) in [7, 11) is -3.29. The zero-order chi connectivity index (χ0) is 20.5. The minimum absolute atomic E-state index is 0.0231. The van der Waals surface area contributed by atoms with Crippen molar-refractivity contribution >= 4 is 42.9 Å². The molecule has 1 N–H and O–H groups in total. The third-order valence-electron chi connectivity index (χ3n) is 3.93. The van der Waals surface area contributed by atoms with E-state index in [9.17, 15) is 26.4 Å². The molecule has 3 aromatic rings. The number of methoxy groups -OCH3 is 1. The van der Waals surface area contributed by atoms with Gasteiger partial charge in [0.15, 0.2) is 0 Å². The molecule has 0 unspecified atom stereocenters. The number of benzene rings is 2. The van der Waals surface area contributed by atoms with E-state index in [1.165, 1.54) is 31.4 Å². The van der Waals surface area contributed by atoms with E-state index in [0.29, 0.717) is 15.6 Å². The first-order valence-electron chi connectivity index (χ1n) is 7.88. The maximum Gasteiger partial charge on any atom is 0.341 e. The normalized spacial score (nSPS) is 11.9. The second-order valence-corrected chi connectivity index (χ2v) is 8.71. The molecule has 1 amide bonds. The van der Waals surface area contributed by atoms with Gasteiger partial charge in [0, 0.05) is 28.4 Å². The van der Waals surface area contributed by atoms with E-state index in [-0.39, 0.29) is 17.2 Å². The first-order chi connectivity index (χ1) is 13.3. The van der Waals surface area contributed by atoms with Crippen LogP contribution in [0.3, 0.4) is 0 Å². The van der Waals surface area contributed by atoms with E-state index in [2.05, 4.69) is 5.32 Å². The van der Waals surface area contributed by atoms with Gasteiger partial charge in [-0.3, -0.25) is 4.79 Å². The third-order valence-corrected chi connectivity index (χ3v) is 6.53. The fraction of sp³-hybridized carbons (Fsp3) is 0.167. The van der Waals surface area contributed by atoms with E-state index >= 15 is 0 Å². The SMILES string of the molecule is COCc1c(C(=O)Nc2ccc(S(=O)(=O)C(F)F)cc2)sc2cccc(F)c12. The molecule has 0 aliphatic rings. The summed E-state index contributed by atoms with van der Waals surface area (Å²) in [6.07, 6.45) is 0. The number of rotatable bonds is 6. The Balaban J connectivity index is 1.91. The molecular formula is C18H14F3NO4S2. The second-order valence-electron chi connectivity index (χ2n) is 5.74. The highest BCUT2D eigenvalue weighted by Gasteiger charge is 2.26. The van der Waals surface area contributed by atoms with Crippen LogP contribution in [-0.4, -0.2) is 27.2 Å². The van der Waals surface area contributed by atoms with E-state index in [0.717, 1.165) is 23.5 Å². The Bertz CT molecular complexity index is 1130. The van der Waals surface area contributed by atoms with Gasteiger partial charge < -0.3 is 10.1 Å². The number of carbonyl (C=O) groups is 1. The van der Waals surface area contributed by atoms with Crippen molar-refractivity contribution in [1.29, 1.82) is 0 Å². The highest BCUT2D eigenvalue weighted by Crippen LogP contribution is 2.34. The van der Waals surface area contributed by atoms with E-state index in [1.807, 2.05) is 0 Å². The van der Waals surface area contributed by atoms with Crippen molar-refractivity contribution in [3.8, 4) is 0 Å². The van der Waals surface area contributed by atoms with Gasteiger partial charge in [0.25, 0.3) is 5.91 Å². The smallest absolute Gasteiger partial charge is 0.341 e. The van der Waals surface area contributed by atoms with E-state index < -0.39 is 32.2 Å². The molecule has 3 rings (SSSR count). The number of nitrogens with one attached hydrogen (secondary N) is 1. The van der Waals surface area contributed by atoms with Crippen LogP contribution >= 0.6 is 11.3 Å². The zero-order valence-corrected chi connectivity index (χ0v) is 16.0. The number of ether oxygens (including phenoxy) is 1. The summed E-state index contributed by atoms with van der Waals surface area (Å²) in [5, 5.41) is 2.86. The minimum atomic E-state index is -4.71. The molecule has 5 nitrogen and oxygen atoms in total. The van der Waals surface area contributed by atoms with Crippen LogP contribution in [-0.2, 0) is 21.2 Å². The van der Waals surface area contributed by atoms with Crippen molar-refractivity contribution in [2.45, 2.75) is 17.3 Å². The Morgan fingerprint density at radius 1 is 1.18 bits per heavy atom. The number of halogens is 3. The average Bonchev–Trinajstić information content (AvgIpc) is 3.02. The Morgan fingerprint density at radius 3 is 2.46 bits per heavy atom. The monoisotopic (exact) mass is 429 g/mol. The van der Waals surface area contributed by atoms with Crippen molar-refractivity contribution in [2.75, 3.05) is 12.4 Å². The lowest BCUT2D eigenvalue weighted by molar-refractivity contribution is 0.102. The molecule has 0 bridgehead atoms. The number of amides is 1.